The molecule has 0 spiro atoms. The van der Waals surface area contributed by atoms with E-state index in [1.165, 1.54) is 0 Å². The number of rotatable bonds is 5. The van der Waals surface area contributed by atoms with Gasteiger partial charge in [0.15, 0.2) is 0 Å². The maximum absolute atomic E-state index is 12.6. The molecule has 1 heterocycles. The predicted molar refractivity (Wildman–Crippen MR) is 102 cm³/mol. The van der Waals surface area contributed by atoms with Gasteiger partial charge in [0, 0.05) is 38.5 Å². The fourth-order valence-electron chi connectivity index (χ4n) is 3.30. The third-order valence-corrected chi connectivity index (χ3v) is 5.15. The SMILES string of the molecule is COc1ccc(CNC(=O)[C@@H]2CCC[C@@H](N(C)C)CN(C)C(=O)C2)cc1. The molecule has 2 atom stereocenters. The van der Waals surface area contributed by atoms with Gasteiger partial charge >= 0.3 is 0 Å². The van der Waals surface area contributed by atoms with Crippen molar-refractivity contribution in [2.75, 3.05) is 34.8 Å². The van der Waals surface area contributed by atoms with Gasteiger partial charge in [0.05, 0.1) is 7.11 Å². The molecular formula is C20H31N3O3. The number of amides is 2. The number of carbonyl (C=O) groups is 2. The van der Waals surface area contributed by atoms with Gasteiger partial charge in [-0.25, -0.2) is 0 Å². The van der Waals surface area contributed by atoms with Crippen molar-refractivity contribution in [3.8, 4) is 5.75 Å². The molecule has 1 aliphatic rings. The molecule has 6 heteroatoms. The lowest BCUT2D eigenvalue weighted by atomic mass is 9.96. The van der Waals surface area contributed by atoms with Crippen LogP contribution in [-0.4, -0.2) is 62.5 Å². The number of hydrogen-bond acceptors (Lipinski definition) is 4. The second-order valence-corrected chi connectivity index (χ2v) is 7.29. The molecule has 0 bridgehead atoms. The van der Waals surface area contributed by atoms with Gasteiger partial charge < -0.3 is 19.9 Å². The molecule has 6 nitrogen and oxygen atoms in total. The molecule has 26 heavy (non-hydrogen) atoms. The summed E-state index contributed by atoms with van der Waals surface area (Å²) in [7, 11) is 7.54. The highest BCUT2D eigenvalue weighted by Crippen LogP contribution is 2.20. The molecule has 0 unspecified atom stereocenters. The van der Waals surface area contributed by atoms with E-state index in [9.17, 15) is 9.59 Å². The first-order valence-electron chi connectivity index (χ1n) is 9.21. The molecule has 0 saturated carbocycles. The summed E-state index contributed by atoms with van der Waals surface area (Å²) >= 11 is 0. The van der Waals surface area contributed by atoms with E-state index in [1.807, 2.05) is 45.4 Å². The second-order valence-electron chi connectivity index (χ2n) is 7.29. The number of ether oxygens (including phenoxy) is 1. The minimum Gasteiger partial charge on any atom is -0.497 e. The lowest BCUT2D eigenvalue weighted by Gasteiger charge is -2.28. The number of benzene rings is 1. The fourth-order valence-corrected chi connectivity index (χ4v) is 3.30. The number of likely N-dealkylation sites (N-methyl/N-ethyl adjacent to an activating group) is 2. The Bertz CT molecular complexity index is 601. The number of hydrogen-bond donors (Lipinski definition) is 1. The maximum Gasteiger partial charge on any atom is 0.223 e. The summed E-state index contributed by atoms with van der Waals surface area (Å²) in [5.74, 6) is 0.541. The molecular weight excluding hydrogens is 330 g/mol. The van der Waals surface area contributed by atoms with Gasteiger partial charge in [0.25, 0.3) is 0 Å². The number of nitrogens with one attached hydrogen (secondary N) is 1. The number of carbonyl (C=O) groups excluding carboxylic acids is 2. The Kier molecular flexibility index (Phi) is 7.45. The van der Waals surface area contributed by atoms with Crippen LogP contribution in [-0.2, 0) is 16.1 Å². The van der Waals surface area contributed by atoms with Gasteiger partial charge in [-0.05, 0) is 44.6 Å². The summed E-state index contributed by atoms with van der Waals surface area (Å²) in [6.07, 6.45) is 2.97. The van der Waals surface area contributed by atoms with Gasteiger partial charge in [-0.15, -0.1) is 0 Å². The van der Waals surface area contributed by atoms with Gasteiger partial charge in [-0.3, -0.25) is 9.59 Å². The Morgan fingerprint density at radius 1 is 1.27 bits per heavy atom. The number of nitrogens with zero attached hydrogens (tertiary/aromatic N) is 2. The topological polar surface area (TPSA) is 61.9 Å². The van der Waals surface area contributed by atoms with Crippen molar-refractivity contribution in [3.05, 3.63) is 29.8 Å². The van der Waals surface area contributed by atoms with Crippen molar-refractivity contribution >= 4 is 11.8 Å². The molecule has 2 amide bonds. The van der Waals surface area contributed by atoms with Crippen LogP contribution in [0, 0.1) is 5.92 Å². The average Bonchev–Trinajstić information content (AvgIpc) is 2.70. The summed E-state index contributed by atoms with van der Waals surface area (Å²) < 4.78 is 5.14. The highest BCUT2D eigenvalue weighted by Gasteiger charge is 2.27. The van der Waals surface area contributed by atoms with Crippen LogP contribution in [0.4, 0.5) is 0 Å². The molecule has 1 aliphatic heterocycles. The van der Waals surface area contributed by atoms with Crippen molar-refractivity contribution < 1.29 is 14.3 Å². The normalized spacial score (nSPS) is 21.7. The van der Waals surface area contributed by atoms with Gasteiger partial charge in [0.2, 0.25) is 11.8 Å². The molecule has 1 fully saturated rings. The van der Waals surface area contributed by atoms with Crippen LogP contribution < -0.4 is 10.1 Å². The molecule has 1 aromatic rings. The molecule has 0 aromatic heterocycles. The first-order valence-corrected chi connectivity index (χ1v) is 9.21. The average molecular weight is 361 g/mol. The van der Waals surface area contributed by atoms with E-state index < -0.39 is 0 Å². The Morgan fingerprint density at radius 3 is 2.58 bits per heavy atom. The summed E-state index contributed by atoms with van der Waals surface area (Å²) in [6.45, 7) is 1.18. The summed E-state index contributed by atoms with van der Waals surface area (Å²) in [4.78, 5) is 29.0. The zero-order valence-corrected chi connectivity index (χ0v) is 16.3. The van der Waals surface area contributed by atoms with Gasteiger partial charge in [-0.2, -0.15) is 0 Å². The smallest absolute Gasteiger partial charge is 0.223 e. The molecule has 2 rings (SSSR count). The zero-order chi connectivity index (χ0) is 19.1. The fraction of sp³-hybridized carbons (Fsp3) is 0.600. The van der Waals surface area contributed by atoms with Gasteiger partial charge in [0.1, 0.15) is 5.75 Å². The molecule has 0 radical (unpaired) electrons. The quantitative estimate of drug-likeness (QED) is 0.870. The predicted octanol–water partition coefficient (Wildman–Crippen LogP) is 1.89. The molecule has 0 aliphatic carbocycles. The summed E-state index contributed by atoms with van der Waals surface area (Å²) in [5.41, 5.74) is 1.01. The van der Waals surface area contributed by atoms with Crippen LogP contribution in [0.25, 0.3) is 0 Å². The lowest BCUT2D eigenvalue weighted by molar-refractivity contribution is -0.135. The van der Waals surface area contributed by atoms with E-state index in [4.69, 9.17) is 4.74 Å². The van der Waals surface area contributed by atoms with Gasteiger partial charge in [-0.1, -0.05) is 18.6 Å². The standard InChI is InChI=1S/C20H31N3O3/c1-22(2)17-7-5-6-16(12-19(24)23(3)14-17)20(25)21-13-15-8-10-18(26-4)11-9-15/h8-11,16-17H,5-7,12-14H2,1-4H3,(H,21,25)/t16-,17-/m1/s1. The molecule has 144 valence electrons. The zero-order valence-electron chi connectivity index (χ0n) is 16.3. The van der Waals surface area contributed by atoms with Crippen molar-refractivity contribution in [2.24, 2.45) is 5.92 Å². The first-order chi connectivity index (χ1) is 12.4. The lowest BCUT2D eigenvalue weighted by Crippen LogP contribution is -2.41. The highest BCUT2D eigenvalue weighted by molar-refractivity contribution is 5.85. The Balaban J connectivity index is 1.94. The minimum atomic E-state index is -0.260. The van der Waals surface area contributed by atoms with Crippen molar-refractivity contribution in [1.82, 2.24) is 15.1 Å². The summed E-state index contributed by atoms with van der Waals surface area (Å²) in [6, 6.07) is 7.96. The minimum absolute atomic E-state index is 0.0362. The van der Waals surface area contributed by atoms with Crippen LogP contribution in [0.2, 0.25) is 0 Å². The van der Waals surface area contributed by atoms with Crippen LogP contribution in [0.3, 0.4) is 0 Å². The number of methoxy groups -OCH3 is 1. The maximum atomic E-state index is 12.6. The van der Waals surface area contributed by atoms with E-state index in [1.54, 1.807) is 12.0 Å². The Labute approximate surface area is 156 Å². The Morgan fingerprint density at radius 2 is 1.96 bits per heavy atom. The van der Waals surface area contributed by atoms with Crippen molar-refractivity contribution in [2.45, 2.75) is 38.3 Å². The largest absolute Gasteiger partial charge is 0.497 e. The van der Waals surface area contributed by atoms with E-state index in [2.05, 4.69) is 10.2 Å². The third-order valence-electron chi connectivity index (χ3n) is 5.15. The molecule has 1 N–H and O–H groups in total. The Hall–Kier alpha value is -2.08. The van der Waals surface area contributed by atoms with Crippen molar-refractivity contribution in [3.63, 3.8) is 0 Å². The van der Waals surface area contributed by atoms with Crippen LogP contribution in [0.15, 0.2) is 24.3 Å². The van der Waals surface area contributed by atoms with Crippen LogP contribution >= 0.6 is 0 Å². The van der Waals surface area contributed by atoms with E-state index in [-0.39, 0.29) is 24.2 Å². The molecule has 1 saturated heterocycles. The van der Waals surface area contributed by atoms with E-state index in [0.29, 0.717) is 19.1 Å². The summed E-state index contributed by atoms with van der Waals surface area (Å²) in [5, 5.41) is 2.98. The first kappa shape index (κ1) is 20.2. The van der Waals surface area contributed by atoms with Crippen molar-refractivity contribution in [1.29, 1.82) is 0 Å². The molecule has 1 aromatic carbocycles. The van der Waals surface area contributed by atoms with E-state index in [0.717, 1.165) is 30.6 Å². The third kappa shape index (κ3) is 5.73. The van der Waals surface area contributed by atoms with E-state index >= 15 is 0 Å². The second kappa shape index (κ2) is 9.57. The van der Waals surface area contributed by atoms with Crippen LogP contribution in [0.1, 0.15) is 31.2 Å². The monoisotopic (exact) mass is 361 g/mol. The highest BCUT2D eigenvalue weighted by atomic mass is 16.5. The van der Waals surface area contributed by atoms with Crippen LogP contribution in [0.5, 0.6) is 5.75 Å².